The summed E-state index contributed by atoms with van der Waals surface area (Å²) in [5.74, 6) is -0.867. The molecule has 0 saturated heterocycles. The molecule has 0 amide bonds. The van der Waals surface area contributed by atoms with E-state index in [1.54, 1.807) is 26.6 Å². The first kappa shape index (κ1) is 17.0. The first-order chi connectivity index (χ1) is 6.29. The van der Waals surface area contributed by atoms with E-state index >= 15 is 0 Å². The summed E-state index contributed by atoms with van der Waals surface area (Å²) in [6, 6.07) is 3.69. The maximum absolute atomic E-state index is 5.58. The highest BCUT2D eigenvalue weighted by atomic mass is 35.5. The third kappa shape index (κ3) is 3.59. The summed E-state index contributed by atoms with van der Waals surface area (Å²) < 4.78 is 10.5. The van der Waals surface area contributed by atoms with E-state index in [0.29, 0.717) is 0 Å². The van der Waals surface area contributed by atoms with E-state index in [1.165, 1.54) is 0 Å². The maximum Gasteiger partial charge on any atom is 0.208 e. The van der Waals surface area contributed by atoms with Crippen LogP contribution >= 0.6 is 24.8 Å². The molecule has 88 valence electrons. The quantitative estimate of drug-likeness (QED) is 0.824. The van der Waals surface area contributed by atoms with Crippen LogP contribution in [0.2, 0.25) is 0 Å². The fourth-order valence-corrected chi connectivity index (χ4v) is 1.19. The fraction of sp³-hybridized carbons (Fsp3) is 0.444. The van der Waals surface area contributed by atoms with Gasteiger partial charge in [0.15, 0.2) is 0 Å². The number of ether oxygens (including phenoxy) is 2. The second-order valence-electron chi connectivity index (χ2n) is 2.61. The summed E-state index contributed by atoms with van der Waals surface area (Å²) in [6.45, 7) is 0.256. The molecular weight excluding hydrogens is 239 g/mol. The molecule has 0 aliphatic carbocycles. The maximum atomic E-state index is 5.58. The highest BCUT2D eigenvalue weighted by Gasteiger charge is 2.30. The van der Waals surface area contributed by atoms with E-state index in [9.17, 15) is 0 Å². The highest BCUT2D eigenvalue weighted by Crippen LogP contribution is 2.23. The van der Waals surface area contributed by atoms with E-state index in [1.807, 2.05) is 12.1 Å². The molecule has 15 heavy (non-hydrogen) atoms. The molecule has 0 unspecified atom stereocenters. The zero-order chi connectivity index (χ0) is 9.73. The normalized spacial score (nSPS) is 10.1. The molecule has 1 aromatic rings. The Morgan fingerprint density at radius 1 is 1.33 bits per heavy atom. The lowest BCUT2D eigenvalue weighted by atomic mass is 10.1. The average molecular weight is 255 g/mol. The minimum Gasteiger partial charge on any atom is -0.348 e. The number of pyridine rings is 1. The number of halogens is 2. The second-order valence-corrected chi connectivity index (χ2v) is 2.61. The molecule has 2 N–H and O–H groups in total. The Bertz CT molecular complexity index is 247. The van der Waals surface area contributed by atoms with Gasteiger partial charge in [-0.1, -0.05) is 6.07 Å². The van der Waals surface area contributed by atoms with Crippen LogP contribution < -0.4 is 5.73 Å². The molecule has 1 heterocycles. The molecule has 0 aromatic carbocycles. The molecule has 4 nitrogen and oxygen atoms in total. The van der Waals surface area contributed by atoms with Gasteiger partial charge in [0.1, 0.15) is 0 Å². The average Bonchev–Trinajstić information content (AvgIpc) is 2.23. The van der Waals surface area contributed by atoms with Crippen LogP contribution in [0.5, 0.6) is 0 Å². The van der Waals surface area contributed by atoms with Crippen molar-refractivity contribution in [2.75, 3.05) is 20.8 Å². The van der Waals surface area contributed by atoms with Crippen LogP contribution in [0, 0.1) is 0 Å². The monoisotopic (exact) mass is 254 g/mol. The lowest BCUT2D eigenvalue weighted by Gasteiger charge is -2.29. The third-order valence-electron chi connectivity index (χ3n) is 2.03. The molecule has 0 aliphatic rings. The van der Waals surface area contributed by atoms with Crippen molar-refractivity contribution < 1.29 is 9.47 Å². The number of nitrogens with zero attached hydrogens (tertiary/aromatic N) is 1. The van der Waals surface area contributed by atoms with Gasteiger partial charge in [-0.05, 0) is 6.07 Å². The van der Waals surface area contributed by atoms with Crippen LogP contribution in [0.3, 0.4) is 0 Å². The van der Waals surface area contributed by atoms with Crippen LogP contribution in [0.25, 0.3) is 0 Å². The lowest BCUT2D eigenvalue weighted by molar-refractivity contribution is -0.208. The molecule has 0 saturated carbocycles. The van der Waals surface area contributed by atoms with Crippen molar-refractivity contribution >= 4 is 24.8 Å². The van der Waals surface area contributed by atoms with Crippen molar-refractivity contribution in [3.05, 3.63) is 30.1 Å². The Kier molecular flexibility index (Phi) is 8.90. The number of rotatable bonds is 4. The summed E-state index contributed by atoms with van der Waals surface area (Å²) in [5.41, 5.74) is 6.40. The number of methoxy groups -OCH3 is 2. The molecule has 0 radical (unpaired) electrons. The van der Waals surface area contributed by atoms with Gasteiger partial charge >= 0.3 is 0 Å². The van der Waals surface area contributed by atoms with Crippen LogP contribution in [0.4, 0.5) is 0 Å². The van der Waals surface area contributed by atoms with Gasteiger partial charge < -0.3 is 15.2 Å². The zero-order valence-corrected chi connectivity index (χ0v) is 10.3. The highest BCUT2D eigenvalue weighted by molar-refractivity contribution is 5.85. The molecule has 0 spiro atoms. The molecule has 1 aromatic heterocycles. The van der Waals surface area contributed by atoms with Crippen LogP contribution in [0.1, 0.15) is 5.56 Å². The van der Waals surface area contributed by atoms with Crippen LogP contribution in [-0.4, -0.2) is 25.7 Å². The van der Waals surface area contributed by atoms with Crippen molar-refractivity contribution in [3.63, 3.8) is 0 Å². The van der Waals surface area contributed by atoms with Gasteiger partial charge in [-0.15, -0.1) is 24.8 Å². The van der Waals surface area contributed by atoms with Crippen LogP contribution in [-0.2, 0) is 15.3 Å². The second kappa shape index (κ2) is 7.84. The summed E-state index contributed by atoms with van der Waals surface area (Å²) in [5, 5.41) is 0. The van der Waals surface area contributed by atoms with Gasteiger partial charge in [-0.3, -0.25) is 4.98 Å². The third-order valence-corrected chi connectivity index (χ3v) is 2.03. The summed E-state index contributed by atoms with van der Waals surface area (Å²) in [7, 11) is 3.12. The first-order valence-corrected chi connectivity index (χ1v) is 4.00. The van der Waals surface area contributed by atoms with E-state index in [-0.39, 0.29) is 31.4 Å². The van der Waals surface area contributed by atoms with E-state index in [2.05, 4.69) is 4.98 Å². The van der Waals surface area contributed by atoms with Crippen molar-refractivity contribution in [3.8, 4) is 0 Å². The standard InChI is InChI=1S/C9H14N2O2.2ClH/c1-12-9(7-10,13-2)8-4-3-5-11-6-8;;/h3-6H,7,10H2,1-2H3;2*1H. The van der Waals surface area contributed by atoms with E-state index in [0.717, 1.165) is 5.56 Å². The molecular formula is C9H16Cl2N2O2. The Morgan fingerprint density at radius 2 is 1.93 bits per heavy atom. The number of aromatic nitrogens is 1. The smallest absolute Gasteiger partial charge is 0.208 e. The van der Waals surface area contributed by atoms with Gasteiger partial charge in [-0.2, -0.15) is 0 Å². The predicted octanol–water partition coefficient (Wildman–Crippen LogP) is 1.33. The predicted molar refractivity (Wildman–Crippen MR) is 63.5 cm³/mol. The van der Waals surface area contributed by atoms with Crippen molar-refractivity contribution in [1.82, 2.24) is 4.98 Å². The number of nitrogens with two attached hydrogens (primary N) is 1. The van der Waals surface area contributed by atoms with Crippen molar-refractivity contribution in [1.29, 1.82) is 0 Å². The molecule has 0 bridgehead atoms. The molecule has 0 fully saturated rings. The van der Waals surface area contributed by atoms with Gasteiger partial charge in [0, 0.05) is 32.2 Å². The van der Waals surface area contributed by atoms with Crippen molar-refractivity contribution in [2.45, 2.75) is 5.79 Å². The summed E-state index contributed by atoms with van der Waals surface area (Å²) >= 11 is 0. The minimum atomic E-state index is -0.867. The number of hydrogen-bond acceptors (Lipinski definition) is 4. The largest absolute Gasteiger partial charge is 0.348 e. The molecule has 0 aliphatic heterocycles. The Hall–Kier alpha value is -0.390. The van der Waals surface area contributed by atoms with Crippen molar-refractivity contribution in [2.24, 2.45) is 5.73 Å². The van der Waals surface area contributed by atoms with Gasteiger partial charge in [0.05, 0.1) is 6.54 Å². The fourth-order valence-electron chi connectivity index (χ4n) is 1.19. The Morgan fingerprint density at radius 3 is 2.27 bits per heavy atom. The topological polar surface area (TPSA) is 57.4 Å². The first-order valence-electron chi connectivity index (χ1n) is 4.00. The summed E-state index contributed by atoms with van der Waals surface area (Å²) in [4.78, 5) is 3.98. The molecule has 1 rings (SSSR count). The Balaban J connectivity index is 0. The Labute approximate surface area is 102 Å². The van der Waals surface area contributed by atoms with E-state index < -0.39 is 5.79 Å². The van der Waals surface area contributed by atoms with Gasteiger partial charge in [0.25, 0.3) is 0 Å². The summed E-state index contributed by atoms with van der Waals surface area (Å²) in [6.07, 6.45) is 3.37. The SMILES string of the molecule is COC(CN)(OC)c1cccnc1.Cl.Cl. The minimum absolute atomic E-state index is 0. The molecule has 6 heteroatoms. The lowest BCUT2D eigenvalue weighted by Crippen LogP contribution is -2.38. The number of hydrogen-bond donors (Lipinski definition) is 1. The van der Waals surface area contributed by atoms with E-state index in [4.69, 9.17) is 15.2 Å². The van der Waals surface area contributed by atoms with Crippen LogP contribution in [0.15, 0.2) is 24.5 Å². The molecule has 0 atom stereocenters. The van der Waals surface area contributed by atoms with Gasteiger partial charge in [-0.25, -0.2) is 0 Å². The van der Waals surface area contributed by atoms with Gasteiger partial charge in [0.2, 0.25) is 5.79 Å². The zero-order valence-electron chi connectivity index (χ0n) is 8.67.